The van der Waals surface area contributed by atoms with Crippen molar-refractivity contribution in [3.05, 3.63) is 41.6 Å². The number of rotatable bonds is 4. The van der Waals surface area contributed by atoms with Crippen LogP contribution in [0.1, 0.15) is 64.0 Å². The van der Waals surface area contributed by atoms with E-state index in [1.54, 1.807) is 7.05 Å². The fourth-order valence-corrected chi connectivity index (χ4v) is 3.72. The molecule has 1 fully saturated rings. The fraction of sp³-hybridized carbons (Fsp3) is 0.545. The van der Waals surface area contributed by atoms with Gasteiger partial charge in [0.1, 0.15) is 11.7 Å². The summed E-state index contributed by atoms with van der Waals surface area (Å²) in [6.07, 6.45) is 1.24. The molecular formula is C22H28F3N3O. The molecule has 3 rings (SSSR count). The molecule has 0 unspecified atom stereocenters. The summed E-state index contributed by atoms with van der Waals surface area (Å²) in [5.74, 6) is -0.199. The van der Waals surface area contributed by atoms with Crippen molar-refractivity contribution >= 4 is 11.5 Å². The maximum atomic E-state index is 13.7. The van der Waals surface area contributed by atoms with Crippen LogP contribution in [0.3, 0.4) is 0 Å². The molecular weight excluding hydrogens is 379 g/mol. The normalized spacial score (nSPS) is 16.0. The molecule has 1 aromatic carbocycles. The Kier molecular flexibility index (Phi) is 6.05. The Hall–Kier alpha value is -2.31. The first-order valence-corrected chi connectivity index (χ1v) is 10.0. The molecule has 1 aliphatic carbocycles. The van der Waals surface area contributed by atoms with Crippen molar-refractivity contribution in [1.82, 2.24) is 9.97 Å². The predicted molar refractivity (Wildman–Crippen MR) is 108 cm³/mol. The largest absolute Gasteiger partial charge is 0.460 e. The van der Waals surface area contributed by atoms with E-state index in [0.29, 0.717) is 5.69 Å². The maximum Gasteiger partial charge on any atom is 0.421 e. The molecule has 0 spiro atoms. The predicted octanol–water partition coefficient (Wildman–Crippen LogP) is 6.27. The molecule has 0 radical (unpaired) electrons. The van der Waals surface area contributed by atoms with Gasteiger partial charge in [-0.3, -0.25) is 0 Å². The summed E-state index contributed by atoms with van der Waals surface area (Å²) >= 11 is 0. The molecule has 7 heteroatoms. The standard InChI is InChI=1S/C22H28F3N3O/c1-21(2,3)16-12-8-9-13-18(16)28(4)19-17(22(23,24)25)14-26-20(27-19)29-15-10-6-5-7-11-15/h8-9,12-15H,5-7,10-11H2,1-4H3. The summed E-state index contributed by atoms with van der Waals surface area (Å²) in [6.45, 7) is 6.09. The third-order valence-corrected chi connectivity index (χ3v) is 5.27. The molecule has 29 heavy (non-hydrogen) atoms. The summed E-state index contributed by atoms with van der Waals surface area (Å²) in [7, 11) is 1.60. The zero-order valence-corrected chi connectivity index (χ0v) is 17.4. The lowest BCUT2D eigenvalue weighted by atomic mass is 9.85. The highest BCUT2D eigenvalue weighted by Crippen LogP contribution is 2.40. The van der Waals surface area contributed by atoms with E-state index in [0.717, 1.165) is 43.9 Å². The molecule has 1 saturated carbocycles. The Morgan fingerprint density at radius 1 is 1.00 bits per heavy atom. The van der Waals surface area contributed by atoms with Gasteiger partial charge in [-0.25, -0.2) is 4.98 Å². The van der Waals surface area contributed by atoms with E-state index in [1.807, 2.05) is 45.0 Å². The van der Waals surface area contributed by atoms with Crippen molar-refractivity contribution in [1.29, 1.82) is 0 Å². The summed E-state index contributed by atoms with van der Waals surface area (Å²) in [5.41, 5.74) is 0.494. The van der Waals surface area contributed by atoms with E-state index >= 15 is 0 Å². The number of ether oxygens (including phenoxy) is 1. The van der Waals surface area contributed by atoms with E-state index in [1.165, 1.54) is 4.90 Å². The number of hydrogen-bond acceptors (Lipinski definition) is 4. The highest BCUT2D eigenvalue weighted by Gasteiger charge is 2.37. The van der Waals surface area contributed by atoms with Crippen LogP contribution in [0, 0.1) is 0 Å². The monoisotopic (exact) mass is 407 g/mol. The molecule has 2 aromatic rings. The minimum absolute atomic E-state index is 0.00000945. The minimum Gasteiger partial charge on any atom is -0.460 e. The summed E-state index contributed by atoms with van der Waals surface area (Å²) in [5, 5.41) is 0. The molecule has 158 valence electrons. The maximum absolute atomic E-state index is 13.7. The van der Waals surface area contributed by atoms with Gasteiger partial charge in [-0.2, -0.15) is 18.2 Å². The molecule has 1 aromatic heterocycles. The number of alkyl halides is 3. The van der Waals surface area contributed by atoms with E-state index < -0.39 is 11.7 Å². The van der Waals surface area contributed by atoms with Crippen LogP contribution < -0.4 is 9.64 Å². The van der Waals surface area contributed by atoms with Crippen LogP contribution in [-0.4, -0.2) is 23.1 Å². The van der Waals surface area contributed by atoms with Crippen LogP contribution in [0.2, 0.25) is 0 Å². The third-order valence-electron chi connectivity index (χ3n) is 5.27. The molecule has 1 aliphatic rings. The van der Waals surface area contributed by atoms with Crippen molar-refractivity contribution in [3.8, 4) is 6.01 Å². The minimum atomic E-state index is -4.57. The molecule has 0 N–H and O–H groups in total. The van der Waals surface area contributed by atoms with Gasteiger partial charge in [0, 0.05) is 18.9 Å². The van der Waals surface area contributed by atoms with Gasteiger partial charge in [-0.1, -0.05) is 45.4 Å². The highest BCUT2D eigenvalue weighted by atomic mass is 19.4. The van der Waals surface area contributed by atoms with E-state index in [4.69, 9.17) is 4.74 Å². The van der Waals surface area contributed by atoms with Gasteiger partial charge in [0.2, 0.25) is 0 Å². The average Bonchev–Trinajstić information content (AvgIpc) is 2.66. The number of para-hydroxylation sites is 1. The lowest BCUT2D eigenvalue weighted by Gasteiger charge is -2.30. The summed E-state index contributed by atoms with van der Waals surface area (Å²) in [6, 6.07) is 7.44. The Bertz CT molecular complexity index is 840. The fourth-order valence-electron chi connectivity index (χ4n) is 3.72. The van der Waals surface area contributed by atoms with Gasteiger partial charge in [-0.05, 0) is 42.7 Å². The van der Waals surface area contributed by atoms with Crippen molar-refractivity contribution in [2.45, 2.75) is 70.6 Å². The van der Waals surface area contributed by atoms with Crippen LogP contribution in [0.25, 0.3) is 0 Å². The number of hydrogen-bond donors (Lipinski definition) is 0. The summed E-state index contributed by atoms with van der Waals surface area (Å²) in [4.78, 5) is 9.56. The van der Waals surface area contributed by atoms with Crippen LogP contribution in [0.15, 0.2) is 30.5 Å². The van der Waals surface area contributed by atoms with Crippen molar-refractivity contribution in [2.24, 2.45) is 0 Å². The Labute approximate surface area is 170 Å². The molecule has 0 bridgehead atoms. The first kappa shape index (κ1) is 21.4. The number of aromatic nitrogens is 2. The molecule has 4 nitrogen and oxygen atoms in total. The van der Waals surface area contributed by atoms with Crippen LogP contribution in [-0.2, 0) is 11.6 Å². The first-order chi connectivity index (χ1) is 13.6. The zero-order chi connectivity index (χ0) is 21.2. The Balaban J connectivity index is 2.02. The SMILES string of the molecule is CN(c1ccccc1C(C)(C)C)c1nc(OC2CCCCC2)ncc1C(F)(F)F. The van der Waals surface area contributed by atoms with Crippen LogP contribution in [0.5, 0.6) is 6.01 Å². The quantitative estimate of drug-likeness (QED) is 0.598. The molecule has 0 aliphatic heterocycles. The Morgan fingerprint density at radius 2 is 1.66 bits per heavy atom. The van der Waals surface area contributed by atoms with E-state index in [9.17, 15) is 13.2 Å². The van der Waals surface area contributed by atoms with Crippen LogP contribution >= 0.6 is 0 Å². The second-order valence-corrected chi connectivity index (χ2v) is 8.59. The van der Waals surface area contributed by atoms with Gasteiger partial charge < -0.3 is 9.64 Å². The van der Waals surface area contributed by atoms with Gasteiger partial charge in [-0.15, -0.1) is 0 Å². The zero-order valence-electron chi connectivity index (χ0n) is 17.4. The second kappa shape index (κ2) is 8.20. The average molecular weight is 407 g/mol. The third kappa shape index (κ3) is 5.00. The topological polar surface area (TPSA) is 38.2 Å². The highest BCUT2D eigenvalue weighted by molar-refractivity contribution is 5.67. The van der Waals surface area contributed by atoms with E-state index in [2.05, 4.69) is 9.97 Å². The number of nitrogens with zero attached hydrogens (tertiary/aromatic N) is 3. The lowest BCUT2D eigenvalue weighted by molar-refractivity contribution is -0.137. The van der Waals surface area contributed by atoms with Crippen molar-refractivity contribution < 1.29 is 17.9 Å². The second-order valence-electron chi connectivity index (χ2n) is 8.59. The lowest BCUT2D eigenvalue weighted by Crippen LogP contribution is -2.24. The molecule has 0 amide bonds. The first-order valence-electron chi connectivity index (χ1n) is 10.0. The van der Waals surface area contributed by atoms with Gasteiger partial charge >= 0.3 is 12.2 Å². The smallest absolute Gasteiger partial charge is 0.421 e. The van der Waals surface area contributed by atoms with E-state index in [-0.39, 0.29) is 23.3 Å². The van der Waals surface area contributed by atoms with Gasteiger partial charge in [0.15, 0.2) is 5.82 Å². The van der Waals surface area contributed by atoms with Gasteiger partial charge in [0.25, 0.3) is 0 Å². The van der Waals surface area contributed by atoms with Crippen molar-refractivity contribution in [3.63, 3.8) is 0 Å². The summed E-state index contributed by atoms with van der Waals surface area (Å²) < 4.78 is 46.9. The number of halogens is 3. The number of benzene rings is 1. The number of anilines is 2. The Morgan fingerprint density at radius 3 is 2.28 bits per heavy atom. The molecule has 0 saturated heterocycles. The van der Waals surface area contributed by atoms with Crippen molar-refractivity contribution in [2.75, 3.05) is 11.9 Å². The molecule has 0 atom stereocenters. The van der Waals surface area contributed by atoms with Gasteiger partial charge in [0.05, 0.1) is 0 Å². The van der Waals surface area contributed by atoms with Crippen LogP contribution in [0.4, 0.5) is 24.7 Å². The molecule has 1 heterocycles.